The largest absolute Gasteiger partial charge is 0.378 e. The molecule has 0 aromatic heterocycles. The summed E-state index contributed by atoms with van der Waals surface area (Å²) in [5.41, 5.74) is 0. The first-order chi connectivity index (χ1) is 7.29. The second-order valence-corrected chi connectivity index (χ2v) is 4.18. The van der Waals surface area contributed by atoms with Crippen LogP contribution in [0.5, 0.6) is 0 Å². The van der Waals surface area contributed by atoms with Crippen LogP contribution in [0.25, 0.3) is 0 Å². The molecule has 0 radical (unpaired) electrons. The fourth-order valence-corrected chi connectivity index (χ4v) is 2.12. The smallest absolute Gasteiger partial charge is 0.242 e. The summed E-state index contributed by atoms with van der Waals surface area (Å²) in [5.74, 6) is 0.156. The fourth-order valence-electron chi connectivity index (χ4n) is 2.12. The van der Waals surface area contributed by atoms with E-state index < -0.39 is 0 Å². The van der Waals surface area contributed by atoms with Crippen molar-refractivity contribution in [2.45, 2.75) is 18.5 Å². The molecule has 5 heteroatoms. The van der Waals surface area contributed by atoms with E-state index in [0.29, 0.717) is 19.3 Å². The number of likely N-dealkylation sites (N-methyl/N-ethyl adjacent to an activating group) is 1. The number of morpholine rings is 1. The van der Waals surface area contributed by atoms with Gasteiger partial charge in [-0.2, -0.15) is 0 Å². The predicted molar refractivity (Wildman–Crippen MR) is 56.7 cm³/mol. The highest BCUT2D eigenvalue weighted by atomic mass is 16.5. The highest BCUT2D eigenvalue weighted by Crippen LogP contribution is 2.08. The fraction of sp³-hybridized carbons (Fsp3) is 0.900. The van der Waals surface area contributed by atoms with Crippen LogP contribution in [-0.4, -0.2) is 62.8 Å². The molecule has 0 aromatic rings. The Hall–Kier alpha value is -0.650. The lowest BCUT2D eigenvalue weighted by Gasteiger charge is -2.30. The van der Waals surface area contributed by atoms with Gasteiger partial charge >= 0.3 is 0 Å². The second kappa shape index (κ2) is 4.92. The summed E-state index contributed by atoms with van der Waals surface area (Å²) in [7, 11) is 1.89. The molecule has 0 aliphatic carbocycles. The minimum Gasteiger partial charge on any atom is -0.378 e. The number of carbonyl (C=O) groups is 1. The Morgan fingerprint density at radius 2 is 2.33 bits per heavy atom. The van der Waals surface area contributed by atoms with Crippen molar-refractivity contribution >= 4 is 5.91 Å². The van der Waals surface area contributed by atoms with Crippen molar-refractivity contribution in [1.29, 1.82) is 0 Å². The van der Waals surface area contributed by atoms with Crippen molar-refractivity contribution in [3.8, 4) is 0 Å². The summed E-state index contributed by atoms with van der Waals surface area (Å²) >= 11 is 0. The molecule has 2 saturated heterocycles. The van der Waals surface area contributed by atoms with Gasteiger partial charge in [0.05, 0.1) is 13.2 Å². The van der Waals surface area contributed by atoms with Gasteiger partial charge in [-0.1, -0.05) is 0 Å². The Morgan fingerprint density at radius 1 is 1.47 bits per heavy atom. The highest BCUT2D eigenvalue weighted by Gasteiger charge is 2.29. The van der Waals surface area contributed by atoms with E-state index in [1.165, 1.54) is 0 Å². The number of hydrogen-bond donors (Lipinski definition) is 2. The third-order valence-electron chi connectivity index (χ3n) is 3.15. The van der Waals surface area contributed by atoms with Gasteiger partial charge in [0, 0.05) is 26.2 Å². The van der Waals surface area contributed by atoms with Gasteiger partial charge in [-0.3, -0.25) is 4.79 Å². The van der Waals surface area contributed by atoms with Gasteiger partial charge < -0.3 is 20.3 Å². The molecule has 0 saturated carbocycles. The molecule has 2 atom stereocenters. The number of amides is 1. The van der Waals surface area contributed by atoms with Crippen LogP contribution < -0.4 is 10.6 Å². The predicted octanol–water partition coefficient (Wildman–Crippen LogP) is -1.20. The van der Waals surface area contributed by atoms with Gasteiger partial charge in [-0.05, 0) is 13.0 Å². The van der Waals surface area contributed by atoms with Crippen LogP contribution in [0.2, 0.25) is 0 Å². The molecular weight excluding hydrogens is 194 g/mol. The number of nitrogens with zero attached hydrogens (tertiary/aromatic N) is 1. The van der Waals surface area contributed by atoms with Crippen molar-refractivity contribution < 1.29 is 9.53 Å². The molecule has 2 unspecified atom stereocenters. The molecule has 2 fully saturated rings. The van der Waals surface area contributed by atoms with Gasteiger partial charge in [-0.15, -0.1) is 0 Å². The number of hydrogen-bond acceptors (Lipinski definition) is 4. The monoisotopic (exact) mass is 213 g/mol. The highest BCUT2D eigenvalue weighted by molar-refractivity contribution is 5.82. The van der Waals surface area contributed by atoms with E-state index in [2.05, 4.69) is 10.6 Å². The molecule has 2 rings (SSSR count). The molecule has 1 amide bonds. The maximum absolute atomic E-state index is 12.0. The standard InChI is InChI=1S/C10H19N3O2/c1-13(8-2-3-11-6-8)10(14)9-7-15-5-4-12-9/h8-9,11-12H,2-7H2,1H3. The molecular formula is C10H19N3O2. The van der Waals surface area contributed by atoms with Gasteiger partial charge in [0.25, 0.3) is 0 Å². The lowest BCUT2D eigenvalue weighted by molar-refractivity contribution is -0.136. The molecule has 0 aromatic carbocycles. The normalized spacial score (nSPS) is 31.5. The van der Waals surface area contributed by atoms with Crippen LogP contribution in [0.15, 0.2) is 0 Å². The van der Waals surface area contributed by atoms with Gasteiger partial charge in [0.15, 0.2) is 0 Å². The SMILES string of the molecule is CN(C(=O)C1COCCN1)C1CCNC1. The average molecular weight is 213 g/mol. The maximum Gasteiger partial charge on any atom is 0.242 e. The zero-order chi connectivity index (χ0) is 10.7. The van der Waals surface area contributed by atoms with Crippen molar-refractivity contribution in [1.82, 2.24) is 15.5 Å². The topological polar surface area (TPSA) is 53.6 Å². The van der Waals surface area contributed by atoms with Crippen LogP contribution in [0, 0.1) is 0 Å². The number of carbonyl (C=O) groups excluding carboxylic acids is 1. The second-order valence-electron chi connectivity index (χ2n) is 4.18. The van der Waals surface area contributed by atoms with E-state index in [1.54, 1.807) is 0 Å². The summed E-state index contributed by atoms with van der Waals surface area (Å²) in [6, 6.07) is 0.200. The first-order valence-electron chi connectivity index (χ1n) is 5.57. The Kier molecular flexibility index (Phi) is 3.56. The number of rotatable bonds is 2. The molecule has 86 valence electrons. The Bertz CT molecular complexity index is 223. The first kappa shape index (κ1) is 10.9. The summed E-state index contributed by atoms with van der Waals surface area (Å²) in [6.45, 7) is 3.90. The van der Waals surface area contributed by atoms with E-state index in [9.17, 15) is 4.79 Å². The maximum atomic E-state index is 12.0. The van der Waals surface area contributed by atoms with Crippen LogP contribution in [0.3, 0.4) is 0 Å². The van der Waals surface area contributed by atoms with Crippen LogP contribution in [0.4, 0.5) is 0 Å². The van der Waals surface area contributed by atoms with Crippen molar-refractivity contribution in [2.75, 3.05) is 39.9 Å². The van der Waals surface area contributed by atoms with Crippen molar-refractivity contribution in [3.63, 3.8) is 0 Å². The van der Waals surface area contributed by atoms with E-state index >= 15 is 0 Å². The van der Waals surface area contributed by atoms with E-state index in [0.717, 1.165) is 26.1 Å². The Morgan fingerprint density at radius 3 is 2.93 bits per heavy atom. The quantitative estimate of drug-likeness (QED) is 0.605. The third kappa shape index (κ3) is 2.48. The van der Waals surface area contributed by atoms with E-state index in [1.807, 2.05) is 11.9 Å². The Balaban J connectivity index is 1.87. The van der Waals surface area contributed by atoms with Crippen molar-refractivity contribution in [2.24, 2.45) is 0 Å². The molecule has 2 heterocycles. The van der Waals surface area contributed by atoms with E-state index in [-0.39, 0.29) is 11.9 Å². The van der Waals surface area contributed by atoms with Gasteiger partial charge in [-0.25, -0.2) is 0 Å². The summed E-state index contributed by atoms with van der Waals surface area (Å²) in [5, 5.41) is 6.45. The number of nitrogens with one attached hydrogen (secondary N) is 2. The van der Waals surface area contributed by atoms with E-state index in [4.69, 9.17) is 4.74 Å². The molecule has 2 aliphatic rings. The average Bonchev–Trinajstić information content (AvgIpc) is 2.82. The lowest BCUT2D eigenvalue weighted by atomic mass is 10.2. The van der Waals surface area contributed by atoms with Crippen molar-refractivity contribution in [3.05, 3.63) is 0 Å². The minimum atomic E-state index is -0.149. The van der Waals surface area contributed by atoms with Gasteiger partial charge in [0.2, 0.25) is 5.91 Å². The minimum absolute atomic E-state index is 0.149. The molecule has 15 heavy (non-hydrogen) atoms. The molecule has 5 nitrogen and oxygen atoms in total. The Labute approximate surface area is 90.1 Å². The number of ether oxygens (including phenoxy) is 1. The molecule has 2 aliphatic heterocycles. The zero-order valence-corrected chi connectivity index (χ0v) is 9.16. The van der Waals surface area contributed by atoms with Gasteiger partial charge in [0.1, 0.15) is 6.04 Å². The summed E-state index contributed by atoms with van der Waals surface area (Å²) in [4.78, 5) is 13.9. The molecule has 2 N–H and O–H groups in total. The summed E-state index contributed by atoms with van der Waals surface area (Å²) < 4.78 is 5.29. The molecule has 0 spiro atoms. The zero-order valence-electron chi connectivity index (χ0n) is 9.16. The first-order valence-corrected chi connectivity index (χ1v) is 5.57. The lowest BCUT2D eigenvalue weighted by Crippen LogP contribution is -2.54. The van der Waals surface area contributed by atoms with Crippen LogP contribution in [0.1, 0.15) is 6.42 Å². The van der Waals surface area contributed by atoms with Crippen LogP contribution in [-0.2, 0) is 9.53 Å². The molecule has 0 bridgehead atoms. The van der Waals surface area contributed by atoms with Crippen LogP contribution >= 0.6 is 0 Å². The summed E-state index contributed by atoms with van der Waals surface area (Å²) in [6.07, 6.45) is 1.05. The third-order valence-corrected chi connectivity index (χ3v) is 3.15.